The van der Waals surface area contributed by atoms with Gasteiger partial charge in [-0.25, -0.2) is 9.97 Å². The number of para-hydroxylation sites is 1. The number of hydrogen-bond donors (Lipinski definition) is 1. The highest BCUT2D eigenvalue weighted by Crippen LogP contribution is 2.17. The fourth-order valence-corrected chi connectivity index (χ4v) is 1.87. The summed E-state index contributed by atoms with van der Waals surface area (Å²) in [6.07, 6.45) is 1.84. The third kappa shape index (κ3) is 1.77. The highest BCUT2D eigenvalue weighted by molar-refractivity contribution is 5.77. The Bertz CT molecular complexity index is 494. The predicted octanol–water partition coefficient (Wildman–Crippen LogP) is 1.29. The summed E-state index contributed by atoms with van der Waals surface area (Å²) in [4.78, 5) is 8.88. The van der Waals surface area contributed by atoms with Crippen LogP contribution in [0.25, 0.3) is 10.9 Å². The summed E-state index contributed by atoms with van der Waals surface area (Å²) < 4.78 is 5.63. The second-order valence-corrected chi connectivity index (χ2v) is 3.85. The number of nitrogens with zero attached hydrogens (tertiary/aromatic N) is 2. The van der Waals surface area contributed by atoms with E-state index in [1.54, 1.807) is 0 Å². The van der Waals surface area contributed by atoms with Crippen LogP contribution in [0, 0.1) is 0 Å². The van der Waals surface area contributed by atoms with Crippen molar-refractivity contribution < 1.29 is 4.74 Å². The summed E-state index contributed by atoms with van der Waals surface area (Å²) >= 11 is 0. The molecule has 1 aromatic carbocycles. The molecule has 0 aliphatic carbocycles. The zero-order chi connectivity index (χ0) is 10.8. The van der Waals surface area contributed by atoms with Gasteiger partial charge in [-0.05, 0) is 6.07 Å². The van der Waals surface area contributed by atoms with Crippen LogP contribution in [0.4, 0.5) is 0 Å². The van der Waals surface area contributed by atoms with Gasteiger partial charge < -0.3 is 10.1 Å². The summed E-state index contributed by atoms with van der Waals surface area (Å²) in [5, 5.41) is 4.34. The third-order valence-electron chi connectivity index (χ3n) is 2.72. The van der Waals surface area contributed by atoms with Crippen molar-refractivity contribution in [2.24, 2.45) is 0 Å². The van der Waals surface area contributed by atoms with Gasteiger partial charge >= 0.3 is 0 Å². The molecule has 0 amide bonds. The van der Waals surface area contributed by atoms with E-state index >= 15 is 0 Å². The molecular weight excluding hydrogens is 202 g/mol. The highest BCUT2D eigenvalue weighted by Gasteiger charge is 2.18. The van der Waals surface area contributed by atoms with Crippen LogP contribution in [0.2, 0.25) is 0 Å². The third-order valence-corrected chi connectivity index (χ3v) is 2.72. The van der Waals surface area contributed by atoms with Crippen molar-refractivity contribution >= 4 is 10.9 Å². The second kappa shape index (κ2) is 4.15. The van der Waals surface area contributed by atoms with Crippen molar-refractivity contribution in [3.05, 3.63) is 36.3 Å². The predicted molar refractivity (Wildman–Crippen MR) is 61.1 cm³/mol. The Morgan fingerprint density at radius 2 is 2.25 bits per heavy atom. The molecular formula is C12H13N3O. The minimum absolute atomic E-state index is 0.0154. The summed E-state index contributed by atoms with van der Waals surface area (Å²) in [7, 11) is 0. The van der Waals surface area contributed by atoms with E-state index in [4.69, 9.17) is 4.74 Å². The van der Waals surface area contributed by atoms with E-state index < -0.39 is 0 Å². The van der Waals surface area contributed by atoms with Crippen molar-refractivity contribution in [2.75, 3.05) is 19.7 Å². The van der Waals surface area contributed by atoms with Crippen LogP contribution < -0.4 is 5.32 Å². The number of rotatable bonds is 1. The second-order valence-electron chi connectivity index (χ2n) is 3.85. The molecule has 2 heterocycles. The molecule has 1 aromatic heterocycles. The molecule has 0 spiro atoms. The largest absolute Gasteiger partial charge is 0.368 e. The van der Waals surface area contributed by atoms with Crippen LogP contribution in [0.3, 0.4) is 0 Å². The van der Waals surface area contributed by atoms with Crippen molar-refractivity contribution in [2.45, 2.75) is 6.10 Å². The Morgan fingerprint density at radius 3 is 3.12 bits per heavy atom. The minimum Gasteiger partial charge on any atom is -0.368 e. The summed E-state index contributed by atoms with van der Waals surface area (Å²) in [5.74, 6) is 0.769. The highest BCUT2D eigenvalue weighted by atomic mass is 16.5. The standard InChI is InChI=1S/C12H13N3O/c1-2-4-10-9(3-1)7-14-12(15-10)11-8-13-5-6-16-11/h1-4,7,11,13H,5-6,8H2. The number of nitrogens with one attached hydrogen (secondary N) is 1. The number of fused-ring (bicyclic) bond motifs is 1. The van der Waals surface area contributed by atoms with Crippen molar-refractivity contribution in [3.8, 4) is 0 Å². The van der Waals surface area contributed by atoms with Crippen molar-refractivity contribution in [1.29, 1.82) is 0 Å². The molecule has 1 aliphatic rings. The van der Waals surface area contributed by atoms with Crippen molar-refractivity contribution in [1.82, 2.24) is 15.3 Å². The molecule has 0 bridgehead atoms. The van der Waals surface area contributed by atoms with Crippen LogP contribution in [0.5, 0.6) is 0 Å². The van der Waals surface area contributed by atoms with Gasteiger partial charge in [-0.15, -0.1) is 0 Å². The number of morpholine rings is 1. The average Bonchev–Trinajstić information content (AvgIpc) is 2.39. The maximum absolute atomic E-state index is 5.63. The number of hydrogen-bond acceptors (Lipinski definition) is 4. The Kier molecular flexibility index (Phi) is 2.52. The zero-order valence-corrected chi connectivity index (χ0v) is 8.89. The smallest absolute Gasteiger partial charge is 0.159 e. The Hall–Kier alpha value is -1.52. The van der Waals surface area contributed by atoms with Gasteiger partial charge in [0, 0.05) is 24.7 Å². The van der Waals surface area contributed by atoms with Gasteiger partial charge in [0.05, 0.1) is 12.1 Å². The zero-order valence-electron chi connectivity index (χ0n) is 8.89. The number of benzene rings is 1. The molecule has 82 valence electrons. The molecule has 1 atom stereocenters. The molecule has 1 unspecified atom stereocenters. The number of aromatic nitrogens is 2. The fourth-order valence-electron chi connectivity index (χ4n) is 1.87. The average molecular weight is 215 g/mol. The van der Waals surface area contributed by atoms with E-state index in [9.17, 15) is 0 Å². The topological polar surface area (TPSA) is 47.0 Å². The van der Waals surface area contributed by atoms with Crippen LogP contribution in [0.1, 0.15) is 11.9 Å². The first kappa shape index (κ1) is 9.69. The fraction of sp³-hybridized carbons (Fsp3) is 0.333. The summed E-state index contributed by atoms with van der Waals surface area (Å²) in [5.41, 5.74) is 0.974. The molecule has 1 saturated heterocycles. The van der Waals surface area contributed by atoms with Gasteiger partial charge in [0.1, 0.15) is 6.10 Å². The van der Waals surface area contributed by atoms with Gasteiger partial charge in [0.2, 0.25) is 0 Å². The molecule has 2 aromatic rings. The van der Waals surface area contributed by atoms with E-state index in [1.807, 2.05) is 30.5 Å². The first-order valence-corrected chi connectivity index (χ1v) is 5.47. The lowest BCUT2D eigenvalue weighted by Gasteiger charge is -2.22. The van der Waals surface area contributed by atoms with Gasteiger partial charge in [-0.3, -0.25) is 0 Å². The van der Waals surface area contributed by atoms with E-state index in [1.165, 1.54) is 0 Å². The first-order chi connectivity index (χ1) is 7.93. The lowest BCUT2D eigenvalue weighted by Crippen LogP contribution is -2.34. The van der Waals surface area contributed by atoms with Gasteiger partial charge in [0.25, 0.3) is 0 Å². The molecule has 0 saturated carbocycles. The summed E-state index contributed by atoms with van der Waals surface area (Å²) in [6, 6.07) is 7.99. The SMILES string of the molecule is c1ccc2nc(C3CNCCO3)ncc2c1. The first-order valence-electron chi connectivity index (χ1n) is 5.47. The minimum atomic E-state index is -0.0154. The molecule has 0 radical (unpaired) electrons. The van der Waals surface area contributed by atoms with Gasteiger partial charge in [-0.1, -0.05) is 18.2 Å². The quantitative estimate of drug-likeness (QED) is 0.778. The lowest BCUT2D eigenvalue weighted by atomic mass is 10.2. The maximum atomic E-state index is 5.63. The molecule has 4 heteroatoms. The Labute approximate surface area is 93.7 Å². The lowest BCUT2D eigenvalue weighted by molar-refractivity contribution is 0.0223. The van der Waals surface area contributed by atoms with Crippen LogP contribution in [-0.4, -0.2) is 29.7 Å². The normalized spacial score (nSPS) is 21.1. The monoisotopic (exact) mass is 215 g/mol. The Morgan fingerprint density at radius 1 is 1.31 bits per heavy atom. The van der Waals surface area contributed by atoms with E-state index in [0.717, 1.165) is 36.4 Å². The van der Waals surface area contributed by atoms with Crippen molar-refractivity contribution in [3.63, 3.8) is 0 Å². The molecule has 4 nitrogen and oxygen atoms in total. The molecule has 1 aliphatic heterocycles. The van der Waals surface area contributed by atoms with E-state index in [2.05, 4.69) is 15.3 Å². The molecule has 16 heavy (non-hydrogen) atoms. The Balaban J connectivity index is 1.97. The maximum Gasteiger partial charge on any atom is 0.159 e. The van der Waals surface area contributed by atoms with Gasteiger partial charge in [0.15, 0.2) is 5.82 Å². The molecule has 3 rings (SSSR count). The van der Waals surface area contributed by atoms with Crippen LogP contribution >= 0.6 is 0 Å². The summed E-state index contributed by atoms with van der Waals surface area (Å²) in [6.45, 7) is 2.42. The molecule has 1 fully saturated rings. The molecule has 1 N–H and O–H groups in total. The number of ether oxygens (including phenoxy) is 1. The van der Waals surface area contributed by atoms with E-state index in [0.29, 0.717) is 0 Å². The van der Waals surface area contributed by atoms with E-state index in [-0.39, 0.29) is 6.10 Å². The van der Waals surface area contributed by atoms with Crippen LogP contribution in [-0.2, 0) is 4.74 Å². The van der Waals surface area contributed by atoms with Gasteiger partial charge in [-0.2, -0.15) is 0 Å². The van der Waals surface area contributed by atoms with Crippen LogP contribution in [0.15, 0.2) is 30.5 Å².